The molecule has 0 aromatic carbocycles. The van der Waals surface area contributed by atoms with Crippen LogP contribution in [0.15, 0.2) is 18.7 Å². The van der Waals surface area contributed by atoms with Gasteiger partial charge in [0.15, 0.2) is 0 Å². The summed E-state index contributed by atoms with van der Waals surface area (Å²) in [5.74, 6) is 0.0678. The molecule has 11 heteroatoms. The molecule has 1 aliphatic heterocycles. The van der Waals surface area contributed by atoms with Crippen LogP contribution in [0.4, 0.5) is 0 Å². The maximum Gasteiger partial charge on any atom is 0.235 e. The van der Waals surface area contributed by atoms with Gasteiger partial charge in [0.25, 0.3) is 0 Å². The fraction of sp³-hybridized carbons (Fsp3) is 0.667. The Morgan fingerprint density at radius 3 is 2.50 bits per heavy atom. The van der Waals surface area contributed by atoms with Gasteiger partial charge in [0.05, 0.1) is 12.8 Å². The monoisotopic (exact) mass is 427 g/mol. The molecule has 2 N–H and O–H groups in total. The van der Waals surface area contributed by atoms with E-state index in [2.05, 4.69) is 31.8 Å². The number of nitrogens with zero attached hydrogens (tertiary/aromatic N) is 3. The predicted octanol–water partition coefficient (Wildman–Crippen LogP) is 0.586. The van der Waals surface area contributed by atoms with E-state index in [-0.39, 0.29) is 43.3 Å². The molecular weight excluding hydrogens is 401 g/mol. The van der Waals surface area contributed by atoms with Gasteiger partial charge in [-0.2, -0.15) is 0 Å². The normalized spacial score (nSPS) is 20.1. The van der Waals surface area contributed by atoms with Gasteiger partial charge in [0.2, 0.25) is 15.9 Å². The second-order valence-corrected chi connectivity index (χ2v) is 8.09. The lowest BCUT2D eigenvalue weighted by atomic mass is 9.98. The quantitative estimate of drug-likeness (QED) is 0.628. The highest BCUT2D eigenvalue weighted by molar-refractivity contribution is 7.88. The number of carbonyl (C=O) groups excluding carboxylic acids is 1. The number of amides is 1. The van der Waals surface area contributed by atoms with Crippen LogP contribution in [0.25, 0.3) is 0 Å². The lowest BCUT2D eigenvalue weighted by Gasteiger charge is -2.19. The first-order chi connectivity index (χ1) is 11.4. The van der Waals surface area contributed by atoms with Crippen LogP contribution in [0.1, 0.15) is 25.3 Å². The van der Waals surface area contributed by atoms with Crippen molar-refractivity contribution >= 4 is 40.7 Å². The fourth-order valence-corrected chi connectivity index (χ4v) is 3.43. The van der Waals surface area contributed by atoms with Gasteiger partial charge in [-0.1, -0.05) is 13.3 Å². The molecule has 1 aromatic rings. The molecule has 1 aromatic heterocycles. The van der Waals surface area contributed by atoms with E-state index >= 15 is 0 Å². The molecule has 0 unspecified atom stereocenters. The number of hydrogen-bond donors (Lipinski definition) is 2. The third-order valence-corrected chi connectivity index (χ3v) is 4.71. The zero-order chi connectivity index (χ0) is 17.6. The summed E-state index contributed by atoms with van der Waals surface area (Å²) >= 11 is 0. The summed E-state index contributed by atoms with van der Waals surface area (Å²) in [7, 11) is -3.36. The van der Waals surface area contributed by atoms with Crippen LogP contribution in [-0.4, -0.2) is 61.1 Å². The molecule has 0 aliphatic carbocycles. The summed E-state index contributed by atoms with van der Waals surface area (Å²) in [6, 6.07) is 0.0310. The van der Waals surface area contributed by atoms with Gasteiger partial charge in [0.1, 0.15) is 6.33 Å². The predicted molar refractivity (Wildman–Crippen MR) is 105 cm³/mol. The lowest BCUT2D eigenvalue weighted by molar-refractivity contribution is -0.120. The molecule has 2 heterocycles. The molecule has 0 saturated carbocycles. The summed E-state index contributed by atoms with van der Waals surface area (Å²) in [4.78, 5) is 22.3. The summed E-state index contributed by atoms with van der Waals surface area (Å²) in [5, 5.41) is 2.96. The van der Waals surface area contributed by atoms with E-state index in [1.807, 2.05) is 0 Å². The van der Waals surface area contributed by atoms with E-state index in [1.165, 1.54) is 6.33 Å². The molecular formula is C15H27Cl2N5O3S. The van der Waals surface area contributed by atoms with Crippen molar-refractivity contribution in [2.45, 2.75) is 32.4 Å². The van der Waals surface area contributed by atoms with Gasteiger partial charge in [-0.05, 0) is 12.3 Å². The number of hydrogen-bond acceptors (Lipinski definition) is 6. The number of likely N-dealkylation sites (tertiary alicyclic amines) is 1. The first-order valence-corrected chi connectivity index (χ1v) is 9.96. The average Bonchev–Trinajstić information content (AvgIpc) is 2.87. The highest BCUT2D eigenvalue weighted by atomic mass is 35.5. The smallest absolute Gasteiger partial charge is 0.235 e. The van der Waals surface area contributed by atoms with Gasteiger partial charge < -0.3 is 5.32 Å². The van der Waals surface area contributed by atoms with E-state index in [1.54, 1.807) is 12.4 Å². The fourth-order valence-electron chi connectivity index (χ4n) is 3.04. The molecule has 150 valence electrons. The second-order valence-electron chi connectivity index (χ2n) is 6.26. The summed E-state index contributed by atoms with van der Waals surface area (Å²) in [6.45, 7) is 4.28. The minimum atomic E-state index is -3.36. The minimum Gasteiger partial charge on any atom is -0.351 e. The number of aromatic nitrogens is 2. The highest BCUT2D eigenvalue weighted by Gasteiger charge is 2.33. The Labute approximate surface area is 167 Å². The van der Waals surface area contributed by atoms with Crippen molar-refractivity contribution in [3.8, 4) is 0 Å². The Kier molecular flexibility index (Phi) is 11.2. The molecule has 2 atom stereocenters. The molecule has 8 nitrogen and oxygen atoms in total. The molecule has 26 heavy (non-hydrogen) atoms. The molecule has 2 rings (SSSR count). The van der Waals surface area contributed by atoms with Gasteiger partial charge in [-0.15, -0.1) is 24.8 Å². The summed E-state index contributed by atoms with van der Waals surface area (Å²) in [6.07, 6.45) is 8.20. The van der Waals surface area contributed by atoms with Gasteiger partial charge in [-0.25, -0.2) is 23.1 Å². The van der Waals surface area contributed by atoms with Crippen molar-refractivity contribution in [2.75, 3.05) is 25.9 Å². The number of halogens is 2. The largest absolute Gasteiger partial charge is 0.351 e. The van der Waals surface area contributed by atoms with Crippen LogP contribution in [0.2, 0.25) is 0 Å². The lowest BCUT2D eigenvalue weighted by Crippen LogP contribution is -2.45. The minimum absolute atomic E-state index is 0. The van der Waals surface area contributed by atoms with Crippen LogP contribution in [0.5, 0.6) is 0 Å². The summed E-state index contributed by atoms with van der Waals surface area (Å²) < 4.78 is 24.4. The summed E-state index contributed by atoms with van der Waals surface area (Å²) in [5.41, 5.74) is 1.04. The van der Waals surface area contributed by atoms with E-state index in [4.69, 9.17) is 0 Å². The molecule has 0 radical (unpaired) electrons. The Morgan fingerprint density at radius 2 is 1.92 bits per heavy atom. The van der Waals surface area contributed by atoms with Crippen LogP contribution >= 0.6 is 24.8 Å². The van der Waals surface area contributed by atoms with Gasteiger partial charge in [0, 0.05) is 43.6 Å². The molecule has 1 aliphatic rings. The molecule has 0 bridgehead atoms. The first kappa shape index (κ1) is 25.0. The SMILES string of the molecule is CCC[C@H]1CN(Cc2cncnc2)C[C@@H]1NC(=O)CNS(C)(=O)=O.Cl.Cl. The van der Waals surface area contributed by atoms with Gasteiger partial charge >= 0.3 is 0 Å². The van der Waals surface area contributed by atoms with Crippen LogP contribution in [0.3, 0.4) is 0 Å². The van der Waals surface area contributed by atoms with E-state index in [0.29, 0.717) is 5.92 Å². The molecule has 1 amide bonds. The Morgan fingerprint density at radius 1 is 1.27 bits per heavy atom. The van der Waals surface area contributed by atoms with Crippen molar-refractivity contribution in [1.29, 1.82) is 0 Å². The van der Waals surface area contributed by atoms with Crippen LogP contribution in [0, 0.1) is 5.92 Å². The first-order valence-electron chi connectivity index (χ1n) is 8.07. The van der Waals surface area contributed by atoms with Crippen LogP contribution < -0.4 is 10.0 Å². The highest BCUT2D eigenvalue weighted by Crippen LogP contribution is 2.23. The third-order valence-electron chi connectivity index (χ3n) is 4.04. The van der Waals surface area contributed by atoms with Crippen molar-refractivity contribution in [3.63, 3.8) is 0 Å². The Hall–Kier alpha value is -1.00. The third kappa shape index (κ3) is 8.59. The molecule has 1 fully saturated rings. The van der Waals surface area contributed by atoms with E-state index in [0.717, 1.165) is 44.3 Å². The van der Waals surface area contributed by atoms with E-state index in [9.17, 15) is 13.2 Å². The van der Waals surface area contributed by atoms with Crippen LogP contribution in [-0.2, 0) is 21.4 Å². The number of sulfonamides is 1. The number of carbonyl (C=O) groups is 1. The number of nitrogens with one attached hydrogen (secondary N) is 2. The van der Waals surface area contributed by atoms with Crippen molar-refractivity contribution in [2.24, 2.45) is 5.92 Å². The van der Waals surface area contributed by atoms with Crippen molar-refractivity contribution in [3.05, 3.63) is 24.3 Å². The second kappa shape index (κ2) is 11.7. The van der Waals surface area contributed by atoms with Crippen molar-refractivity contribution in [1.82, 2.24) is 24.9 Å². The topological polar surface area (TPSA) is 104 Å². The maximum atomic E-state index is 12.0. The zero-order valence-electron chi connectivity index (χ0n) is 14.9. The zero-order valence-corrected chi connectivity index (χ0v) is 17.4. The Bertz CT molecular complexity index is 648. The van der Waals surface area contributed by atoms with Gasteiger partial charge in [-0.3, -0.25) is 9.69 Å². The van der Waals surface area contributed by atoms with E-state index < -0.39 is 10.0 Å². The van der Waals surface area contributed by atoms with Crippen molar-refractivity contribution < 1.29 is 13.2 Å². The average molecular weight is 428 g/mol. The maximum absolute atomic E-state index is 12.0. The standard InChI is InChI=1S/C15H25N5O3S.2ClH/c1-3-4-13-9-20(8-12-5-16-11-17-6-12)10-14(13)19-15(21)7-18-24(2,22)23;;/h5-6,11,13-14,18H,3-4,7-10H2,1-2H3,(H,19,21);2*1H/t13-,14-;;/m0../s1. The number of rotatable bonds is 8. The molecule has 1 saturated heterocycles. The Balaban J connectivity index is 0.00000312. The molecule has 0 spiro atoms.